The number of aryl methyl sites for hydroxylation is 1. The number of hydrogen-bond acceptors (Lipinski definition) is 6. The number of amides is 1. The average molecular weight is 520 g/mol. The fourth-order valence-corrected chi connectivity index (χ4v) is 7.16. The number of fused-ring (bicyclic) bond motifs is 1. The van der Waals surface area contributed by atoms with Gasteiger partial charge in [-0.3, -0.25) is 0 Å². The first-order chi connectivity index (χ1) is 16.7. The number of aromatic nitrogens is 2. The van der Waals surface area contributed by atoms with Gasteiger partial charge in [0, 0.05) is 34.8 Å². The van der Waals surface area contributed by atoms with E-state index in [1.807, 2.05) is 36.3 Å². The zero-order valence-corrected chi connectivity index (χ0v) is 21.7. The van der Waals surface area contributed by atoms with Crippen molar-refractivity contribution in [2.45, 2.75) is 63.1 Å². The molecule has 0 spiro atoms. The standard InChI is InChI=1S/C25H30FN3O4S2/c1-4-5-12-33-25(30)28-35(31,32)24-20(15-18(34-24)13-16(2)3)17-6-7-19(21(26)14-17)22-8-9-23-27-10-11-29(22)23/h6-7,10-11,14-16,22H,4-5,8-9,12-13H2,1-3H3,(H,28,30)/t22-/m1/s1. The van der Waals surface area contributed by atoms with Crippen LogP contribution >= 0.6 is 11.3 Å². The molecule has 1 aromatic carbocycles. The van der Waals surface area contributed by atoms with Gasteiger partial charge < -0.3 is 9.30 Å². The van der Waals surface area contributed by atoms with Crippen LogP contribution in [-0.2, 0) is 27.6 Å². The van der Waals surface area contributed by atoms with E-state index in [0.29, 0.717) is 35.4 Å². The largest absolute Gasteiger partial charge is 0.449 e. The highest BCUT2D eigenvalue weighted by Gasteiger charge is 2.29. The fourth-order valence-electron chi connectivity index (χ4n) is 4.32. The summed E-state index contributed by atoms with van der Waals surface area (Å²) in [5, 5.41) is 0. The van der Waals surface area contributed by atoms with Crippen molar-refractivity contribution < 1.29 is 22.3 Å². The Morgan fingerprint density at radius 2 is 2.14 bits per heavy atom. The smallest absolute Gasteiger partial charge is 0.421 e. The SMILES string of the molecule is CCCCOC(=O)NS(=O)(=O)c1sc(CC(C)C)cc1-c1ccc([C@H]2CCc3nccn32)c(F)c1. The summed E-state index contributed by atoms with van der Waals surface area (Å²) in [7, 11) is -4.20. The number of benzene rings is 1. The van der Waals surface area contributed by atoms with Crippen LogP contribution in [0.3, 0.4) is 0 Å². The molecule has 0 unspecified atom stereocenters. The molecule has 7 nitrogen and oxygen atoms in total. The van der Waals surface area contributed by atoms with Gasteiger partial charge in [-0.05, 0) is 42.9 Å². The van der Waals surface area contributed by atoms with Crippen molar-refractivity contribution >= 4 is 27.5 Å². The Kier molecular flexibility index (Phi) is 7.61. The van der Waals surface area contributed by atoms with E-state index in [0.717, 1.165) is 41.3 Å². The lowest BCUT2D eigenvalue weighted by Crippen LogP contribution is -2.31. The van der Waals surface area contributed by atoms with Crippen LogP contribution in [0.1, 0.15) is 62.3 Å². The third-order valence-electron chi connectivity index (χ3n) is 5.95. The molecule has 0 saturated heterocycles. The minimum atomic E-state index is -4.20. The Bertz CT molecular complexity index is 1310. The molecule has 0 saturated carbocycles. The summed E-state index contributed by atoms with van der Waals surface area (Å²) in [6.45, 7) is 6.16. The molecule has 1 atom stereocenters. The Morgan fingerprint density at radius 1 is 1.34 bits per heavy atom. The summed E-state index contributed by atoms with van der Waals surface area (Å²) in [6.07, 6.45) is 6.23. The first kappa shape index (κ1) is 25.4. The number of nitrogens with one attached hydrogen (secondary N) is 1. The normalized spacial score (nSPS) is 15.4. The Morgan fingerprint density at radius 3 is 2.86 bits per heavy atom. The number of rotatable bonds is 9. The average Bonchev–Trinajstić information content (AvgIpc) is 3.49. The lowest BCUT2D eigenvalue weighted by atomic mass is 9.99. The molecule has 35 heavy (non-hydrogen) atoms. The number of halogens is 1. The van der Waals surface area contributed by atoms with Gasteiger partial charge in [-0.2, -0.15) is 0 Å². The van der Waals surface area contributed by atoms with Crippen molar-refractivity contribution in [3.8, 4) is 11.1 Å². The number of nitrogens with zero attached hydrogens (tertiary/aromatic N) is 2. The first-order valence-corrected chi connectivity index (χ1v) is 14.1. The predicted octanol–water partition coefficient (Wildman–Crippen LogP) is 5.70. The van der Waals surface area contributed by atoms with Gasteiger partial charge in [0.2, 0.25) is 0 Å². The number of hydrogen-bond donors (Lipinski definition) is 1. The van der Waals surface area contributed by atoms with Crippen LogP contribution in [0.15, 0.2) is 40.9 Å². The minimum Gasteiger partial charge on any atom is -0.449 e. The van der Waals surface area contributed by atoms with Crippen LogP contribution in [0, 0.1) is 11.7 Å². The molecule has 3 aromatic rings. The van der Waals surface area contributed by atoms with Crippen LogP contribution in [0.5, 0.6) is 0 Å². The molecule has 1 N–H and O–H groups in total. The summed E-state index contributed by atoms with van der Waals surface area (Å²) in [4.78, 5) is 17.2. The second-order valence-electron chi connectivity index (χ2n) is 9.15. The predicted molar refractivity (Wildman–Crippen MR) is 134 cm³/mol. The van der Waals surface area contributed by atoms with Crippen LogP contribution in [0.2, 0.25) is 0 Å². The van der Waals surface area contributed by atoms with Gasteiger partial charge in [0.1, 0.15) is 15.9 Å². The van der Waals surface area contributed by atoms with Crippen molar-refractivity contribution in [1.29, 1.82) is 0 Å². The van der Waals surface area contributed by atoms with E-state index in [4.69, 9.17) is 4.74 Å². The summed E-state index contributed by atoms with van der Waals surface area (Å²) in [5.74, 6) is 0.829. The van der Waals surface area contributed by atoms with Gasteiger partial charge in [0.05, 0.1) is 12.6 Å². The molecule has 3 heterocycles. The Hall–Kier alpha value is -2.72. The fraction of sp³-hybridized carbons (Fsp3) is 0.440. The number of unbranched alkanes of at least 4 members (excludes halogenated alkanes) is 1. The molecule has 0 fully saturated rings. The van der Waals surface area contributed by atoms with Gasteiger partial charge in [-0.1, -0.05) is 39.3 Å². The third-order valence-corrected chi connectivity index (χ3v) is 8.95. The van der Waals surface area contributed by atoms with Gasteiger partial charge in [-0.15, -0.1) is 11.3 Å². The molecule has 4 rings (SSSR count). The maximum atomic E-state index is 15.3. The molecule has 0 bridgehead atoms. The number of sulfonamides is 1. The summed E-state index contributed by atoms with van der Waals surface area (Å²) in [6, 6.07) is 6.48. The molecule has 1 amide bonds. The van der Waals surface area contributed by atoms with Crippen molar-refractivity contribution in [2.24, 2.45) is 5.92 Å². The molecule has 188 valence electrons. The first-order valence-electron chi connectivity index (χ1n) is 11.8. The quantitative estimate of drug-likeness (QED) is 0.366. The van der Waals surface area contributed by atoms with Crippen LogP contribution in [0.25, 0.3) is 11.1 Å². The van der Waals surface area contributed by atoms with E-state index in [2.05, 4.69) is 4.98 Å². The lowest BCUT2D eigenvalue weighted by Gasteiger charge is -2.15. The number of ether oxygens (including phenoxy) is 1. The zero-order valence-electron chi connectivity index (χ0n) is 20.1. The maximum Gasteiger partial charge on any atom is 0.421 e. The Balaban J connectivity index is 1.67. The van der Waals surface area contributed by atoms with Gasteiger partial charge in [0.15, 0.2) is 0 Å². The molecule has 0 aliphatic carbocycles. The number of thiophene rings is 1. The van der Waals surface area contributed by atoms with Gasteiger partial charge in [-0.25, -0.2) is 27.3 Å². The van der Waals surface area contributed by atoms with E-state index in [9.17, 15) is 13.2 Å². The number of imidazole rings is 1. The summed E-state index contributed by atoms with van der Waals surface area (Å²) >= 11 is 1.09. The summed E-state index contributed by atoms with van der Waals surface area (Å²) in [5.41, 5.74) is 1.37. The maximum absolute atomic E-state index is 15.3. The molecule has 0 radical (unpaired) electrons. The van der Waals surface area contributed by atoms with Crippen LogP contribution in [-0.4, -0.2) is 30.7 Å². The van der Waals surface area contributed by atoms with Crippen molar-refractivity contribution in [3.63, 3.8) is 0 Å². The zero-order chi connectivity index (χ0) is 25.2. The van der Waals surface area contributed by atoms with Crippen LogP contribution in [0.4, 0.5) is 9.18 Å². The monoisotopic (exact) mass is 519 g/mol. The van der Waals surface area contributed by atoms with Gasteiger partial charge >= 0.3 is 6.09 Å². The van der Waals surface area contributed by atoms with Gasteiger partial charge in [0.25, 0.3) is 10.0 Å². The highest BCUT2D eigenvalue weighted by Crippen LogP contribution is 2.39. The Labute approximate surface area is 209 Å². The van der Waals surface area contributed by atoms with E-state index < -0.39 is 21.9 Å². The van der Waals surface area contributed by atoms with Crippen LogP contribution < -0.4 is 4.72 Å². The molecule has 2 aromatic heterocycles. The number of carbonyl (C=O) groups is 1. The highest BCUT2D eigenvalue weighted by atomic mass is 32.2. The molecule has 1 aliphatic rings. The molecule has 1 aliphatic heterocycles. The second-order valence-corrected chi connectivity index (χ2v) is 12.2. The topological polar surface area (TPSA) is 90.3 Å². The minimum absolute atomic E-state index is 0.0227. The van der Waals surface area contributed by atoms with Crippen molar-refractivity contribution in [1.82, 2.24) is 14.3 Å². The number of carbonyl (C=O) groups excluding carboxylic acids is 1. The van der Waals surface area contributed by atoms with E-state index in [1.54, 1.807) is 24.4 Å². The second kappa shape index (κ2) is 10.5. The van der Waals surface area contributed by atoms with Crippen molar-refractivity contribution in [2.75, 3.05) is 6.61 Å². The third kappa shape index (κ3) is 5.59. The van der Waals surface area contributed by atoms with Crippen molar-refractivity contribution in [3.05, 3.63) is 58.7 Å². The molecule has 10 heteroatoms. The lowest BCUT2D eigenvalue weighted by molar-refractivity contribution is 0.151. The summed E-state index contributed by atoms with van der Waals surface area (Å²) < 4.78 is 50.5. The van der Waals surface area contributed by atoms with E-state index in [1.165, 1.54) is 6.07 Å². The molecular weight excluding hydrogens is 489 g/mol. The highest BCUT2D eigenvalue weighted by molar-refractivity contribution is 7.92. The van der Waals surface area contributed by atoms with E-state index in [-0.39, 0.29) is 16.9 Å². The molecular formula is C25H30FN3O4S2. The van der Waals surface area contributed by atoms with E-state index >= 15 is 4.39 Å².